The Morgan fingerprint density at radius 2 is 1.68 bits per heavy atom. The van der Waals surface area contributed by atoms with Crippen LogP contribution in [0.3, 0.4) is 0 Å². The van der Waals surface area contributed by atoms with Gasteiger partial charge in [-0.05, 0) is 47.9 Å². The second-order valence-electron chi connectivity index (χ2n) is 6.57. The molecule has 6 heteroatoms. The number of rotatable bonds is 7. The van der Waals surface area contributed by atoms with Crippen molar-refractivity contribution < 1.29 is 9.72 Å². The molecular weight excluding hydrogens is 354 g/mol. The summed E-state index contributed by atoms with van der Waals surface area (Å²) in [5.41, 5.74) is 4.59. The highest BCUT2D eigenvalue weighted by molar-refractivity contribution is 5.92. The summed E-state index contributed by atoms with van der Waals surface area (Å²) in [5.74, 6) is -0.0668. The van der Waals surface area contributed by atoms with Gasteiger partial charge in [0, 0.05) is 30.1 Å². The minimum Gasteiger partial charge on any atom is -0.381 e. The first kappa shape index (κ1) is 19.1. The van der Waals surface area contributed by atoms with Crippen molar-refractivity contribution in [3.63, 3.8) is 0 Å². The minimum absolute atomic E-state index is 0.0668. The Morgan fingerprint density at radius 1 is 0.929 bits per heavy atom. The van der Waals surface area contributed by atoms with Crippen molar-refractivity contribution in [3.8, 4) is 0 Å². The van der Waals surface area contributed by atoms with Gasteiger partial charge in [-0.2, -0.15) is 0 Å². The summed E-state index contributed by atoms with van der Waals surface area (Å²) in [6, 6.07) is 21.8. The Morgan fingerprint density at radius 3 is 2.39 bits per heavy atom. The third-order valence-electron chi connectivity index (χ3n) is 4.24. The highest BCUT2D eigenvalue weighted by atomic mass is 16.6. The first-order chi connectivity index (χ1) is 13.5. The zero-order valence-electron chi connectivity index (χ0n) is 15.5. The molecule has 0 unspecified atom stereocenters. The molecule has 0 atom stereocenters. The van der Waals surface area contributed by atoms with Gasteiger partial charge in [-0.1, -0.05) is 36.4 Å². The van der Waals surface area contributed by atoms with Crippen molar-refractivity contribution in [3.05, 3.63) is 99.6 Å². The third-order valence-corrected chi connectivity index (χ3v) is 4.24. The number of non-ortho nitro benzene ring substituents is 1. The molecule has 6 nitrogen and oxygen atoms in total. The fraction of sp³-hybridized carbons (Fsp3) is 0.136. The van der Waals surface area contributed by atoms with Gasteiger partial charge in [0.05, 0.1) is 11.3 Å². The predicted molar refractivity (Wildman–Crippen MR) is 110 cm³/mol. The number of carbonyl (C=O) groups is 1. The SMILES string of the molecule is Cc1cccc(NC(=O)Cc2ccc(NCc3cccc([N+](=O)[O-])c3)cc2)c1. The van der Waals surface area contributed by atoms with Crippen molar-refractivity contribution in [2.45, 2.75) is 19.9 Å². The van der Waals surface area contributed by atoms with Crippen LogP contribution in [0.2, 0.25) is 0 Å². The van der Waals surface area contributed by atoms with Crippen LogP contribution >= 0.6 is 0 Å². The Bertz CT molecular complexity index is 984. The third kappa shape index (κ3) is 5.41. The van der Waals surface area contributed by atoms with E-state index in [0.29, 0.717) is 13.0 Å². The molecular formula is C22H21N3O3. The smallest absolute Gasteiger partial charge is 0.269 e. The van der Waals surface area contributed by atoms with Crippen LogP contribution in [-0.2, 0) is 17.8 Å². The van der Waals surface area contributed by atoms with Gasteiger partial charge in [-0.25, -0.2) is 0 Å². The maximum Gasteiger partial charge on any atom is 0.269 e. The van der Waals surface area contributed by atoms with Crippen LogP contribution in [0.15, 0.2) is 72.8 Å². The fourth-order valence-electron chi connectivity index (χ4n) is 2.84. The summed E-state index contributed by atoms with van der Waals surface area (Å²) in [5, 5.41) is 17.0. The molecule has 0 aliphatic carbocycles. The topological polar surface area (TPSA) is 84.3 Å². The van der Waals surface area contributed by atoms with Gasteiger partial charge in [-0.15, -0.1) is 0 Å². The molecule has 2 N–H and O–H groups in total. The second kappa shape index (κ2) is 8.81. The van der Waals surface area contributed by atoms with E-state index in [-0.39, 0.29) is 11.6 Å². The van der Waals surface area contributed by atoms with Crippen LogP contribution in [0.4, 0.5) is 17.1 Å². The normalized spacial score (nSPS) is 10.3. The number of carbonyl (C=O) groups excluding carboxylic acids is 1. The molecule has 0 heterocycles. The molecule has 28 heavy (non-hydrogen) atoms. The van der Waals surface area contributed by atoms with E-state index in [1.807, 2.05) is 61.5 Å². The highest BCUT2D eigenvalue weighted by Gasteiger charge is 2.06. The van der Waals surface area contributed by atoms with Gasteiger partial charge in [0.1, 0.15) is 0 Å². The molecule has 0 aliphatic rings. The van der Waals surface area contributed by atoms with Crippen LogP contribution < -0.4 is 10.6 Å². The number of nitrogens with one attached hydrogen (secondary N) is 2. The number of nitro groups is 1. The lowest BCUT2D eigenvalue weighted by Gasteiger charge is -2.09. The molecule has 0 saturated heterocycles. The molecule has 0 fully saturated rings. The van der Waals surface area contributed by atoms with E-state index >= 15 is 0 Å². The molecule has 0 aliphatic heterocycles. The summed E-state index contributed by atoms with van der Waals surface area (Å²) in [6.45, 7) is 2.46. The summed E-state index contributed by atoms with van der Waals surface area (Å²) < 4.78 is 0. The predicted octanol–water partition coefficient (Wildman–Crippen LogP) is 4.70. The zero-order chi connectivity index (χ0) is 19.9. The molecule has 0 bridgehead atoms. The maximum absolute atomic E-state index is 12.2. The number of nitrogens with zero attached hydrogens (tertiary/aromatic N) is 1. The van der Waals surface area contributed by atoms with Gasteiger partial charge in [0.2, 0.25) is 5.91 Å². The quantitative estimate of drug-likeness (QED) is 0.463. The Hall–Kier alpha value is -3.67. The zero-order valence-corrected chi connectivity index (χ0v) is 15.5. The Kier molecular flexibility index (Phi) is 6.01. The van der Waals surface area contributed by atoms with Crippen molar-refractivity contribution >= 4 is 23.0 Å². The van der Waals surface area contributed by atoms with Crippen LogP contribution in [0.1, 0.15) is 16.7 Å². The summed E-state index contributed by atoms with van der Waals surface area (Å²) >= 11 is 0. The summed E-state index contributed by atoms with van der Waals surface area (Å²) in [7, 11) is 0. The standard InChI is InChI=1S/C22H21N3O3/c1-16-4-2-6-20(12-16)24-22(26)14-17-8-10-19(11-9-17)23-15-18-5-3-7-21(13-18)25(27)28/h2-13,23H,14-15H2,1H3,(H,24,26). The molecule has 3 aromatic carbocycles. The number of anilines is 2. The number of benzene rings is 3. The number of amides is 1. The van der Waals surface area contributed by atoms with Gasteiger partial charge in [0.15, 0.2) is 0 Å². The van der Waals surface area contributed by atoms with E-state index in [2.05, 4.69) is 10.6 Å². The summed E-state index contributed by atoms with van der Waals surface area (Å²) in [4.78, 5) is 22.6. The molecule has 0 aromatic heterocycles. The highest BCUT2D eigenvalue weighted by Crippen LogP contribution is 2.16. The number of aryl methyl sites for hydroxylation is 1. The van der Waals surface area contributed by atoms with E-state index in [4.69, 9.17) is 0 Å². The van der Waals surface area contributed by atoms with Gasteiger partial charge in [-0.3, -0.25) is 14.9 Å². The van der Waals surface area contributed by atoms with Crippen LogP contribution in [0.25, 0.3) is 0 Å². The van der Waals surface area contributed by atoms with Crippen molar-refractivity contribution in [2.75, 3.05) is 10.6 Å². The number of nitro benzene ring substituents is 1. The Labute approximate surface area is 163 Å². The van der Waals surface area contributed by atoms with Crippen LogP contribution in [-0.4, -0.2) is 10.8 Å². The van der Waals surface area contributed by atoms with Crippen molar-refractivity contribution in [1.29, 1.82) is 0 Å². The molecule has 3 aromatic rings. The largest absolute Gasteiger partial charge is 0.381 e. The molecule has 0 saturated carbocycles. The van der Waals surface area contributed by atoms with Crippen LogP contribution in [0.5, 0.6) is 0 Å². The van der Waals surface area contributed by atoms with Gasteiger partial charge < -0.3 is 10.6 Å². The molecule has 3 rings (SSSR count). The van der Waals surface area contributed by atoms with E-state index < -0.39 is 4.92 Å². The first-order valence-electron chi connectivity index (χ1n) is 8.92. The lowest BCUT2D eigenvalue weighted by molar-refractivity contribution is -0.384. The lowest BCUT2D eigenvalue weighted by Crippen LogP contribution is -2.14. The molecule has 0 spiro atoms. The van der Waals surface area contributed by atoms with E-state index in [1.165, 1.54) is 6.07 Å². The summed E-state index contributed by atoms with van der Waals surface area (Å²) in [6.07, 6.45) is 0.291. The monoisotopic (exact) mass is 375 g/mol. The van der Waals surface area contributed by atoms with Crippen molar-refractivity contribution in [1.82, 2.24) is 0 Å². The molecule has 0 radical (unpaired) electrons. The minimum atomic E-state index is -0.403. The van der Waals surface area contributed by atoms with E-state index in [1.54, 1.807) is 12.1 Å². The molecule has 142 valence electrons. The second-order valence-corrected chi connectivity index (χ2v) is 6.57. The fourth-order valence-corrected chi connectivity index (χ4v) is 2.84. The van der Waals surface area contributed by atoms with E-state index in [9.17, 15) is 14.9 Å². The van der Waals surface area contributed by atoms with Crippen LogP contribution in [0, 0.1) is 17.0 Å². The van der Waals surface area contributed by atoms with Gasteiger partial charge in [0.25, 0.3) is 5.69 Å². The first-order valence-corrected chi connectivity index (χ1v) is 8.92. The average Bonchev–Trinajstić information content (AvgIpc) is 2.67. The number of hydrogen-bond acceptors (Lipinski definition) is 4. The Balaban J connectivity index is 1.54. The van der Waals surface area contributed by atoms with Crippen molar-refractivity contribution in [2.24, 2.45) is 0 Å². The molecule has 1 amide bonds. The lowest BCUT2D eigenvalue weighted by atomic mass is 10.1. The number of hydrogen-bond donors (Lipinski definition) is 2. The van der Waals surface area contributed by atoms with Gasteiger partial charge >= 0.3 is 0 Å². The average molecular weight is 375 g/mol. The van der Waals surface area contributed by atoms with E-state index in [0.717, 1.165) is 28.1 Å². The maximum atomic E-state index is 12.2.